The lowest BCUT2D eigenvalue weighted by molar-refractivity contribution is -0.153. The molecule has 0 saturated heterocycles. The average molecular weight is 491 g/mol. The van der Waals surface area contributed by atoms with Crippen LogP contribution in [-0.4, -0.2) is 30.8 Å². The molecule has 190 valence electrons. The van der Waals surface area contributed by atoms with Gasteiger partial charge in [0.05, 0.1) is 0 Å². The molecule has 0 amide bonds. The fourth-order valence-corrected chi connectivity index (χ4v) is 3.96. The molecular formula is C28H33F3O4. The molecule has 0 saturated carbocycles. The van der Waals surface area contributed by atoms with E-state index in [1.807, 2.05) is 58.0 Å². The summed E-state index contributed by atoms with van der Waals surface area (Å²) in [5.74, 6) is 0.899. The molecule has 1 aromatic heterocycles. The Labute approximate surface area is 204 Å². The van der Waals surface area contributed by atoms with Crippen LogP contribution in [0, 0.1) is 0 Å². The van der Waals surface area contributed by atoms with E-state index >= 15 is 0 Å². The highest BCUT2D eigenvalue weighted by molar-refractivity contribution is 5.97. The Bertz CT molecular complexity index is 1190. The normalized spacial score (nSPS) is 13.8. The number of ether oxygens (including phenoxy) is 2. The van der Waals surface area contributed by atoms with Crippen molar-refractivity contribution in [1.82, 2.24) is 0 Å². The van der Waals surface area contributed by atoms with E-state index in [4.69, 9.17) is 13.9 Å². The van der Waals surface area contributed by atoms with Crippen LogP contribution in [0.1, 0.15) is 70.3 Å². The second-order valence-electron chi connectivity index (χ2n) is 9.22. The average Bonchev–Trinajstić information content (AvgIpc) is 3.21. The third kappa shape index (κ3) is 6.47. The Morgan fingerprint density at radius 2 is 1.77 bits per heavy atom. The van der Waals surface area contributed by atoms with Crippen LogP contribution in [0.25, 0.3) is 27.7 Å². The van der Waals surface area contributed by atoms with E-state index in [1.165, 1.54) is 0 Å². The molecule has 0 bridgehead atoms. The molecule has 1 N–H and O–H groups in total. The summed E-state index contributed by atoms with van der Waals surface area (Å²) < 4.78 is 56.1. The van der Waals surface area contributed by atoms with Crippen molar-refractivity contribution in [1.29, 1.82) is 0 Å². The van der Waals surface area contributed by atoms with Gasteiger partial charge in [0.25, 0.3) is 0 Å². The molecule has 0 radical (unpaired) electrons. The van der Waals surface area contributed by atoms with Crippen molar-refractivity contribution in [3.63, 3.8) is 0 Å². The predicted molar refractivity (Wildman–Crippen MR) is 133 cm³/mol. The first-order valence-electron chi connectivity index (χ1n) is 11.8. The number of hydrogen-bond acceptors (Lipinski definition) is 4. The van der Waals surface area contributed by atoms with Gasteiger partial charge in [-0.2, -0.15) is 13.2 Å². The molecule has 2 aromatic carbocycles. The van der Waals surface area contributed by atoms with Gasteiger partial charge in [-0.25, -0.2) is 0 Å². The Kier molecular flexibility index (Phi) is 8.34. The van der Waals surface area contributed by atoms with Gasteiger partial charge in [0, 0.05) is 17.6 Å². The van der Waals surface area contributed by atoms with Gasteiger partial charge in [0.1, 0.15) is 17.1 Å². The van der Waals surface area contributed by atoms with Gasteiger partial charge < -0.3 is 19.0 Å². The molecule has 35 heavy (non-hydrogen) atoms. The molecular weight excluding hydrogens is 457 g/mol. The maximum Gasteiger partial charge on any atom is 0.422 e. The van der Waals surface area contributed by atoms with Crippen LogP contribution in [0.4, 0.5) is 13.2 Å². The fourth-order valence-electron chi connectivity index (χ4n) is 3.96. The quantitative estimate of drug-likeness (QED) is 0.308. The number of rotatable bonds is 9. The highest BCUT2D eigenvalue weighted by atomic mass is 19.4. The second kappa shape index (κ2) is 10.9. The van der Waals surface area contributed by atoms with Crippen molar-refractivity contribution in [3.05, 3.63) is 59.4 Å². The summed E-state index contributed by atoms with van der Waals surface area (Å²) in [6.07, 6.45) is -3.97. The number of benzene rings is 2. The van der Waals surface area contributed by atoms with Gasteiger partial charge in [-0.1, -0.05) is 45.9 Å². The highest BCUT2D eigenvalue weighted by Crippen LogP contribution is 2.43. The Morgan fingerprint density at radius 1 is 1.06 bits per heavy atom. The number of alkyl halides is 3. The number of halogens is 3. The highest BCUT2D eigenvalue weighted by Gasteiger charge is 2.30. The summed E-state index contributed by atoms with van der Waals surface area (Å²) in [4.78, 5) is 0. The number of fused-ring (bicyclic) bond motifs is 1. The fraction of sp³-hybridized carbons (Fsp3) is 0.429. The first-order chi connectivity index (χ1) is 16.4. The lowest BCUT2D eigenvalue weighted by Gasteiger charge is -2.22. The van der Waals surface area contributed by atoms with Crippen molar-refractivity contribution >= 4 is 16.5 Å². The largest absolute Gasteiger partial charge is 0.483 e. The molecule has 0 spiro atoms. The SMILES string of the molecule is CCOC(O)/C=C(\C)c1cc2c(-c3cc(C(C)C)cc(C(C)C)c3OCC(F)(F)F)cccc2o1. The molecule has 1 heterocycles. The first-order valence-corrected chi connectivity index (χ1v) is 11.8. The van der Waals surface area contributed by atoms with Crippen LogP contribution in [-0.2, 0) is 4.74 Å². The van der Waals surface area contributed by atoms with Crippen LogP contribution in [0.15, 0.2) is 46.9 Å². The van der Waals surface area contributed by atoms with Gasteiger partial charge in [0.2, 0.25) is 0 Å². The van der Waals surface area contributed by atoms with Crippen molar-refractivity contribution < 1.29 is 32.2 Å². The molecule has 0 aliphatic carbocycles. The maximum absolute atomic E-state index is 13.1. The lowest BCUT2D eigenvalue weighted by Crippen LogP contribution is -2.20. The minimum absolute atomic E-state index is 0.0416. The monoisotopic (exact) mass is 490 g/mol. The molecule has 7 heteroatoms. The lowest BCUT2D eigenvalue weighted by atomic mass is 9.88. The van der Waals surface area contributed by atoms with E-state index in [-0.39, 0.29) is 17.6 Å². The minimum atomic E-state index is -4.46. The van der Waals surface area contributed by atoms with Crippen molar-refractivity contribution in [2.45, 2.75) is 65.8 Å². The van der Waals surface area contributed by atoms with Gasteiger partial charge in [-0.15, -0.1) is 0 Å². The summed E-state index contributed by atoms with van der Waals surface area (Å²) in [5, 5.41) is 10.7. The number of aliphatic hydroxyl groups excluding tert-OH is 1. The smallest absolute Gasteiger partial charge is 0.422 e. The second-order valence-corrected chi connectivity index (χ2v) is 9.22. The van der Waals surface area contributed by atoms with E-state index in [9.17, 15) is 18.3 Å². The molecule has 3 aromatic rings. The topological polar surface area (TPSA) is 51.8 Å². The third-order valence-corrected chi connectivity index (χ3v) is 5.78. The van der Waals surface area contributed by atoms with Gasteiger partial charge >= 0.3 is 6.18 Å². The van der Waals surface area contributed by atoms with Crippen LogP contribution in [0.3, 0.4) is 0 Å². The summed E-state index contributed by atoms with van der Waals surface area (Å²) in [7, 11) is 0. The molecule has 0 fully saturated rings. The molecule has 0 aliphatic rings. The molecule has 0 aliphatic heterocycles. The number of allylic oxidation sites excluding steroid dienone is 1. The first kappa shape index (κ1) is 26.8. The van der Waals surface area contributed by atoms with E-state index in [1.54, 1.807) is 26.0 Å². The van der Waals surface area contributed by atoms with Crippen LogP contribution in [0.2, 0.25) is 0 Å². The predicted octanol–water partition coefficient (Wildman–Crippen LogP) is 8.05. The van der Waals surface area contributed by atoms with Crippen molar-refractivity contribution in [2.24, 2.45) is 0 Å². The minimum Gasteiger partial charge on any atom is -0.483 e. The van der Waals surface area contributed by atoms with Gasteiger partial charge in [0.15, 0.2) is 12.9 Å². The van der Waals surface area contributed by atoms with Crippen LogP contribution >= 0.6 is 0 Å². The maximum atomic E-state index is 13.1. The van der Waals surface area contributed by atoms with E-state index in [2.05, 4.69) is 0 Å². The number of aliphatic hydroxyl groups is 1. The number of furan rings is 1. The van der Waals surface area contributed by atoms with E-state index < -0.39 is 19.1 Å². The van der Waals surface area contributed by atoms with E-state index in [0.29, 0.717) is 29.1 Å². The zero-order valence-corrected chi connectivity index (χ0v) is 21.0. The van der Waals surface area contributed by atoms with Gasteiger partial charge in [-0.3, -0.25) is 0 Å². The van der Waals surface area contributed by atoms with E-state index in [0.717, 1.165) is 22.1 Å². The van der Waals surface area contributed by atoms with Crippen molar-refractivity contribution in [3.8, 4) is 16.9 Å². The molecule has 1 atom stereocenters. The summed E-state index contributed by atoms with van der Waals surface area (Å²) >= 11 is 0. The summed E-state index contributed by atoms with van der Waals surface area (Å²) in [5.41, 5.74) is 4.32. The Hall–Kier alpha value is -2.77. The summed E-state index contributed by atoms with van der Waals surface area (Å²) in [6, 6.07) is 11.2. The molecule has 4 nitrogen and oxygen atoms in total. The Morgan fingerprint density at radius 3 is 2.37 bits per heavy atom. The van der Waals surface area contributed by atoms with Gasteiger partial charge in [-0.05, 0) is 72.2 Å². The molecule has 1 unspecified atom stereocenters. The third-order valence-electron chi connectivity index (χ3n) is 5.78. The zero-order valence-electron chi connectivity index (χ0n) is 21.0. The van der Waals surface area contributed by atoms with Crippen LogP contribution in [0.5, 0.6) is 5.75 Å². The number of hydrogen-bond donors (Lipinski definition) is 1. The summed E-state index contributed by atoms with van der Waals surface area (Å²) in [6.45, 7) is 10.6. The molecule has 3 rings (SSSR count). The van der Waals surface area contributed by atoms with Crippen LogP contribution < -0.4 is 4.74 Å². The standard InChI is InChI=1S/C28H33F3O4/c1-7-33-26(32)11-18(6)25-14-22-20(9-8-10-24(22)35-25)23-13-19(16(2)3)12-21(17(4)5)27(23)34-15-28(29,30)31/h8-14,16-17,26,32H,7,15H2,1-6H3/b18-11+. The zero-order chi connectivity index (χ0) is 25.9. The van der Waals surface area contributed by atoms with Crippen molar-refractivity contribution in [2.75, 3.05) is 13.2 Å². The Balaban J connectivity index is 2.23.